The largest absolute Gasteiger partial charge is 0.301 e. The van der Waals surface area contributed by atoms with Gasteiger partial charge in [0.1, 0.15) is 0 Å². The second-order valence-electron chi connectivity index (χ2n) is 6.14. The molecule has 0 aliphatic heterocycles. The maximum absolute atomic E-state index is 12.0. The van der Waals surface area contributed by atoms with Crippen molar-refractivity contribution in [2.75, 3.05) is 11.1 Å². The minimum atomic E-state index is -0.0431. The molecule has 1 N–H and O–H groups in total. The van der Waals surface area contributed by atoms with Gasteiger partial charge in [0.2, 0.25) is 5.91 Å². The van der Waals surface area contributed by atoms with Gasteiger partial charge in [-0.2, -0.15) is 5.26 Å². The number of carbonyl (C=O) groups excluding carboxylic acids is 1. The van der Waals surface area contributed by atoms with Gasteiger partial charge in [-0.25, -0.2) is 4.98 Å². The lowest BCUT2D eigenvalue weighted by molar-refractivity contribution is -0.113. The Bertz CT molecular complexity index is 709. The van der Waals surface area contributed by atoms with Crippen molar-refractivity contribution in [3.63, 3.8) is 0 Å². The van der Waals surface area contributed by atoms with Gasteiger partial charge in [-0.15, -0.1) is 23.1 Å². The third-order valence-corrected chi connectivity index (χ3v) is 4.87. The number of benzene rings is 1. The molecule has 0 atom stereocenters. The number of nitriles is 1. The Balaban J connectivity index is 1.79. The highest BCUT2D eigenvalue weighted by Gasteiger charge is 2.18. The van der Waals surface area contributed by atoms with Crippen LogP contribution in [0.5, 0.6) is 0 Å². The summed E-state index contributed by atoms with van der Waals surface area (Å²) in [6, 6.07) is 9.51. The topological polar surface area (TPSA) is 65.8 Å². The van der Waals surface area contributed by atoms with Gasteiger partial charge >= 0.3 is 0 Å². The zero-order chi connectivity index (χ0) is 16.9. The molecule has 0 saturated carbocycles. The van der Waals surface area contributed by atoms with Crippen LogP contribution in [-0.2, 0) is 16.0 Å². The molecule has 0 unspecified atom stereocenters. The fourth-order valence-corrected chi connectivity index (χ4v) is 3.51. The second-order valence-corrected chi connectivity index (χ2v) is 7.98. The summed E-state index contributed by atoms with van der Waals surface area (Å²) in [4.78, 5) is 16.4. The summed E-state index contributed by atoms with van der Waals surface area (Å²) in [5.74, 6) is 1.08. The van der Waals surface area contributed by atoms with Crippen molar-refractivity contribution in [1.29, 1.82) is 5.26 Å². The summed E-state index contributed by atoms with van der Waals surface area (Å²) in [7, 11) is 0. The maximum Gasteiger partial charge on any atom is 0.236 e. The normalized spacial score (nSPS) is 11.0. The molecule has 1 heterocycles. The fourth-order valence-electron chi connectivity index (χ4n) is 1.77. The van der Waals surface area contributed by atoms with Gasteiger partial charge in [0, 0.05) is 16.5 Å². The molecule has 0 aliphatic rings. The van der Waals surface area contributed by atoms with Crippen molar-refractivity contribution >= 4 is 34.1 Å². The van der Waals surface area contributed by atoms with Gasteiger partial charge in [-0.3, -0.25) is 4.79 Å². The molecule has 2 aromatic rings. The number of thiazole rings is 1. The van der Waals surface area contributed by atoms with Crippen LogP contribution in [0.15, 0.2) is 29.6 Å². The first kappa shape index (κ1) is 17.5. The molecule has 1 aromatic carbocycles. The molecule has 4 nitrogen and oxygen atoms in total. The summed E-state index contributed by atoms with van der Waals surface area (Å²) < 4.78 is 0. The van der Waals surface area contributed by atoms with Gasteiger partial charge in [0.05, 0.1) is 23.1 Å². The molecule has 0 spiro atoms. The summed E-state index contributed by atoms with van der Waals surface area (Å²) in [6.07, 6.45) is 0. The molecule has 6 heteroatoms. The highest BCUT2D eigenvalue weighted by Crippen LogP contribution is 2.26. The van der Waals surface area contributed by atoms with Crippen LogP contribution in [0.2, 0.25) is 0 Å². The lowest BCUT2D eigenvalue weighted by Gasteiger charge is -2.14. The quantitative estimate of drug-likeness (QED) is 0.882. The number of amides is 1. The lowest BCUT2D eigenvalue weighted by atomic mass is 9.93. The van der Waals surface area contributed by atoms with Crippen LogP contribution in [0.4, 0.5) is 5.13 Å². The average Bonchev–Trinajstić information content (AvgIpc) is 2.96. The van der Waals surface area contributed by atoms with Crippen LogP contribution in [0, 0.1) is 11.3 Å². The molecule has 0 bridgehead atoms. The summed E-state index contributed by atoms with van der Waals surface area (Å²) >= 11 is 3.00. The van der Waals surface area contributed by atoms with Crippen LogP contribution >= 0.6 is 23.1 Å². The van der Waals surface area contributed by atoms with Crippen molar-refractivity contribution in [3.05, 3.63) is 46.5 Å². The van der Waals surface area contributed by atoms with Crippen molar-refractivity contribution in [2.24, 2.45) is 0 Å². The van der Waals surface area contributed by atoms with E-state index in [1.54, 1.807) is 23.9 Å². The van der Waals surface area contributed by atoms with E-state index >= 15 is 0 Å². The third kappa shape index (κ3) is 5.38. The summed E-state index contributed by atoms with van der Waals surface area (Å²) in [5.41, 5.74) is 2.73. The van der Waals surface area contributed by atoms with Crippen molar-refractivity contribution in [3.8, 4) is 6.07 Å². The SMILES string of the molecule is CC(C)(C)c1csc(NC(=O)CSCc2ccc(C#N)cc2)n1. The van der Waals surface area contributed by atoms with Gasteiger partial charge in [0.25, 0.3) is 0 Å². The van der Waals surface area contributed by atoms with E-state index in [-0.39, 0.29) is 11.3 Å². The van der Waals surface area contributed by atoms with E-state index in [2.05, 4.69) is 37.1 Å². The van der Waals surface area contributed by atoms with E-state index in [9.17, 15) is 4.79 Å². The molecule has 0 aliphatic carbocycles. The van der Waals surface area contributed by atoms with Gasteiger partial charge < -0.3 is 5.32 Å². The van der Waals surface area contributed by atoms with Gasteiger partial charge in [-0.05, 0) is 17.7 Å². The number of hydrogen-bond donors (Lipinski definition) is 1. The minimum absolute atomic E-state index is 0.0101. The molecule has 1 aromatic heterocycles. The number of rotatable bonds is 5. The Morgan fingerprint density at radius 1 is 1.35 bits per heavy atom. The Hall–Kier alpha value is -1.84. The maximum atomic E-state index is 12.0. The number of nitrogens with one attached hydrogen (secondary N) is 1. The minimum Gasteiger partial charge on any atom is -0.301 e. The Labute approximate surface area is 144 Å². The van der Waals surface area contributed by atoms with E-state index in [0.29, 0.717) is 16.4 Å². The number of anilines is 1. The highest BCUT2D eigenvalue weighted by atomic mass is 32.2. The predicted octanol–water partition coefficient (Wildman–Crippen LogP) is 4.18. The molecular weight excluding hydrogens is 326 g/mol. The van der Waals surface area contributed by atoms with E-state index < -0.39 is 0 Å². The van der Waals surface area contributed by atoms with Crippen LogP contribution in [0.1, 0.15) is 37.6 Å². The van der Waals surface area contributed by atoms with Gasteiger partial charge in [0.15, 0.2) is 5.13 Å². The van der Waals surface area contributed by atoms with E-state index in [4.69, 9.17) is 5.26 Å². The zero-order valence-corrected chi connectivity index (χ0v) is 15.1. The number of aromatic nitrogens is 1. The standard InChI is InChI=1S/C17H19N3OS2/c1-17(2,3)14-10-23-16(19-14)20-15(21)11-22-9-13-6-4-12(8-18)5-7-13/h4-7,10H,9,11H2,1-3H3,(H,19,20,21). The zero-order valence-electron chi connectivity index (χ0n) is 13.4. The van der Waals surface area contributed by atoms with E-state index in [0.717, 1.165) is 17.0 Å². The molecule has 0 fully saturated rings. The number of hydrogen-bond acceptors (Lipinski definition) is 5. The van der Waals surface area contributed by atoms with Crippen molar-refractivity contribution < 1.29 is 4.79 Å². The summed E-state index contributed by atoms with van der Waals surface area (Å²) in [6.45, 7) is 6.29. The molecule has 0 saturated heterocycles. The second kappa shape index (κ2) is 7.62. The lowest BCUT2D eigenvalue weighted by Crippen LogP contribution is -2.15. The number of carbonyl (C=O) groups is 1. The molecule has 23 heavy (non-hydrogen) atoms. The van der Waals surface area contributed by atoms with Crippen molar-refractivity contribution in [1.82, 2.24) is 4.98 Å². The first-order valence-electron chi connectivity index (χ1n) is 7.21. The summed E-state index contributed by atoms with van der Waals surface area (Å²) in [5, 5.41) is 14.2. The van der Waals surface area contributed by atoms with E-state index in [1.165, 1.54) is 11.3 Å². The third-order valence-electron chi connectivity index (χ3n) is 3.10. The Kier molecular flexibility index (Phi) is 5.80. The Morgan fingerprint density at radius 2 is 2.04 bits per heavy atom. The van der Waals surface area contributed by atoms with Gasteiger partial charge in [-0.1, -0.05) is 32.9 Å². The van der Waals surface area contributed by atoms with Crippen LogP contribution in [0.3, 0.4) is 0 Å². The molecule has 120 valence electrons. The molecular formula is C17H19N3OS2. The number of nitrogens with zero attached hydrogens (tertiary/aromatic N) is 2. The molecule has 0 radical (unpaired) electrons. The molecule has 2 rings (SSSR count). The monoisotopic (exact) mass is 345 g/mol. The first-order chi connectivity index (χ1) is 10.9. The van der Waals surface area contributed by atoms with Crippen molar-refractivity contribution in [2.45, 2.75) is 31.9 Å². The average molecular weight is 345 g/mol. The number of thioether (sulfide) groups is 1. The fraction of sp³-hybridized carbons (Fsp3) is 0.353. The van der Waals surface area contributed by atoms with Crippen LogP contribution in [-0.4, -0.2) is 16.6 Å². The van der Waals surface area contributed by atoms with E-state index in [1.807, 2.05) is 17.5 Å². The smallest absolute Gasteiger partial charge is 0.236 e. The molecule has 1 amide bonds. The van der Waals surface area contributed by atoms with Crippen LogP contribution < -0.4 is 5.32 Å². The highest BCUT2D eigenvalue weighted by molar-refractivity contribution is 7.99. The predicted molar refractivity (Wildman–Crippen MR) is 96.8 cm³/mol. The van der Waals surface area contributed by atoms with Crippen LogP contribution in [0.25, 0.3) is 0 Å². The first-order valence-corrected chi connectivity index (χ1v) is 9.24. The Morgan fingerprint density at radius 3 is 2.61 bits per heavy atom.